The van der Waals surface area contributed by atoms with Crippen LogP contribution in [0.15, 0.2) is 24.3 Å². The van der Waals surface area contributed by atoms with Gasteiger partial charge in [0.25, 0.3) is 0 Å². The predicted molar refractivity (Wildman–Crippen MR) is 112 cm³/mol. The van der Waals surface area contributed by atoms with Crippen LogP contribution in [0.2, 0.25) is 0 Å². The fourth-order valence-corrected chi connectivity index (χ4v) is 5.00. The summed E-state index contributed by atoms with van der Waals surface area (Å²) in [6.45, 7) is 1.76. The Hall–Kier alpha value is -1.24. The number of hydrogen-bond donors (Lipinski definition) is 2. The van der Waals surface area contributed by atoms with Crippen LogP contribution in [0.25, 0.3) is 0 Å². The Kier molecular flexibility index (Phi) is 8.45. The fraction of sp³-hybridized carbons (Fsp3) is 0.600. The van der Waals surface area contributed by atoms with E-state index in [1.54, 1.807) is 11.8 Å². The molecule has 150 valence electrons. The second-order valence-corrected chi connectivity index (χ2v) is 8.37. The van der Waals surface area contributed by atoms with E-state index in [1.807, 2.05) is 18.2 Å². The van der Waals surface area contributed by atoms with Crippen molar-refractivity contribution >= 4 is 41.7 Å². The number of benzene rings is 1. The molecule has 1 aliphatic carbocycles. The van der Waals surface area contributed by atoms with Crippen LogP contribution in [-0.2, 0) is 20.1 Å². The van der Waals surface area contributed by atoms with Crippen LogP contribution in [-0.4, -0.2) is 37.8 Å². The normalized spacial score (nSPS) is 23.8. The Morgan fingerprint density at radius 3 is 3.04 bits per heavy atom. The van der Waals surface area contributed by atoms with Crippen LogP contribution in [0.3, 0.4) is 0 Å². The number of nitrogens with one attached hydrogen (secondary N) is 2. The second-order valence-electron chi connectivity index (χ2n) is 7.26. The third kappa shape index (κ3) is 5.39. The van der Waals surface area contributed by atoms with Crippen LogP contribution < -0.4 is 10.6 Å². The van der Waals surface area contributed by atoms with Crippen molar-refractivity contribution in [1.82, 2.24) is 5.32 Å². The van der Waals surface area contributed by atoms with Gasteiger partial charge in [0.15, 0.2) is 0 Å². The first kappa shape index (κ1) is 22.1. The van der Waals surface area contributed by atoms with Crippen LogP contribution in [0, 0.1) is 11.3 Å². The van der Waals surface area contributed by atoms with E-state index >= 15 is 0 Å². The monoisotopic (exact) mass is 412 g/mol. The molecule has 2 N–H and O–H groups in total. The Morgan fingerprint density at radius 1 is 1.37 bits per heavy atom. The van der Waals surface area contributed by atoms with E-state index in [2.05, 4.69) is 21.4 Å². The minimum absolute atomic E-state index is 0. The molecule has 0 spiro atoms. The molecule has 5 nitrogen and oxygen atoms in total. The first-order chi connectivity index (χ1) is 12.6. The summed E-state index contributed by atoms with van der Waals surface area (Å²) in [6, 6.07) is 8.03. The minimum atomic E-state index is -0.233. The maximum atomic E-state index is 13.0. The highest BCUT2D eigenvalue weighted by Crippen LogP contribution is 2.44. The summed E-state index contributed by atoms with van der Waals surface area (Å²) in [5.41, 5.74) is 1.79. The standard InChI is InChI=1S/C20H28N2O3S.ClH/c1-25-18(23)8-10-26-13-15-5-4-7-17(11-15)22-19(24)20-9-3-2-6-16(20)12-21-14-20;/h4-5,7,11,16,21H,2-3,6,8-10,12-14H2,1H3,(H,22,24);1H/t16-,20+;/m0./s1. The molecule has 1 amide bonds. The summed E-state index contributed by atoms with van der Waals surface area (Å²) in [7, 11) is 1.41. The Labute approximate surface area is 171 Å². The zero-order valence-corrected chi connectivity index (χ0v) is 17.4. The number of carbonyl (C=O) groups is 2. The number of methoxy groups -OCH3 is 1. The van der Waals surface area contributed by atoms with Crippen LogP contribution >= 0.6 is 24.2 Å². The second kappa shape index (κ2) is 10.3. The van der Waals surface area contributed by atoms with Crippen molar-refractivity contribution in [3.63, 3.8) is 0 Å². The molecule has 0 radical (unpaired) electrons. The lowest BCUT2D eigenvalue weighted by Crippen LogP contribution is -2.44. The molecule has 27 heavy (non-hydrogen) atoms. The summed E-state index contributed by atoms with van der Waals surface area (Å²) in [5, 5.41) is 6.60. The van der Waals surface area contributed by atoms with Crippen LogP contribution in [0.1, 0.15) is 37.7 Å². The van der Waals surface area contributed by atoms with Gasteiger partial charge in [-0.2, -0.15) is 11.8 Å². The van der Waals surface area contributed by atoms with E-state index in [9.17, 15) is 9.59 Å². The third-order valence-electron chi connectivity index (χ3n) is 5.62. The topological polar surface area (TPSA) is 67.4 Å². The van der Waals surface area contributed by atoms with Gasteiger partial charge in [-0.05, 0) is 43.0 Å². The number of amides is 1. The number of thioether (sulfide) groups is 1. The van der Waals surface area contributed by atoms with Gasteiger partial charge < -0.3 is 15.4 Å². The number of hydrogen-bond acceptors (Lipinski definition) is 5. The van der Waals surface area contributed by atoms with Crippen molar-refractivity contribution in [1.29, 1.82) is 0 Å². The lowest BCUT2D eigenvalue weighted by molar-refractivity contribution is -0.140. The molecule has 0 aromatic heterocycles. The summed E-state index contributed by atoms with van der Waals surface area (Å²) >= 11 is 1.70. The molecule has 2 atom stereocenters. The number of rotatable bonds is 7. The van der Waals surface area contributed by atoms with E-state index in [4.69, 9.17) is 0 Å². The molecule has 7 heteroatoms. The Bertz CT molecular complexity index is 658. The summed E-state index contributed by atoms with van der Waals surface area (Å²) in [6.07, 6.45) is 4.94. The molecule has 1 saturated carbocycles. The van der Waals surface area contributed by atoms with E-state index in [-0.39, 0.29) is 29.7 Å². The largest absolute Gasteiger partial charge is 0.469 e. The number of ether oxygens (including phenoxy) is 1. The molecule has 2 aliphatic rings. The number of halogens is 1. The first-order valence-corrected chi connectivity index (χ1v) is 10.6. The van der Waals surface area contributed by atoms with Gasteiger partial charge in [0.1, 0.15) is 0 Å². The van der Waals surface area contributed by atoms with Crippen molar-refractivity contribution in [3.8, 4) is 0 Å². The van der Waals surface area contributed by atoms with Gasteiger partial charge in [0, 0.05) is 23.7 Å². The molecule has 3 rings (SSSR count). The van der Waals surface area contributed by atoms with Gasteiger partial charge in [-0.25, -0.2) is 0 Å². The third-order valence-corrected chi connectivity index (χ3v) is 6.65. The molecule has 0 unspecified atom stereocenters. The first-order valence-electron chi connectivity index (χ1n) is 9.40. The van der Waals surface area contributed by atoms with Crippen LogP contribution in [0.4, 0.5) is 5.69 Å². The van der Waals surface area contributed by atoms with Gasteiger partial charge in [-0.3, -0.25) is 9.59 Å². The van der Waals surface area contributed by atoms with E-state index in [0.717, 1.165) is 55.1 Å². The maximum absolute atomic E-state index is 13.0. The van der Waals surface area contributed by atoms with Crippen molar-refractivity contribution in [2.45, 2.75) is 37.9 Å². The molecule has 1 aromatic carbocycles. The van der Waals surface area contributed by atoms with Gasteiger partial charge in [0.05, 0.1) is 18.9 Å². The quantitative estimate of drug-likeness (QED) is 0.528. The lowest BCUT2D eigenvalue weighted by Gasteiger charge is -2.37. The SMILES string of the molecule is COC(=O)CCSCc1cccc(NC(=O)[C@@]23CCCC[C@H]2CNC3)c1.Cl. The Morgan fingerprint density at radius 2 is 2.22 bits per heavy atom. The number of fused-ring (bicyclic) bond motifs is 1. The van der Waals surface area contributed by atoms with Gasteiger partial charge in [0.2, 0.25) is 5.91 Å². The summed E-state index contributed by atoms with van der Waals surface area (Å²) in [5.74, 6) is 2.01. The molecule has 1 heterocycles. The Balaban J connectivity index is 0.00000261. The van der Waals surface area contributed by atoms with Gasteiger partial charge >= 0.3 is 5.97 Å². The minimum Gasteiger partial charge on any atom is -0.469 e. The average Bonchev–Trinajstić information content (AvgIpc) is 3.11. The van der Waals surface area contributed by atoms with E-state index in [0.29, 0.717) is 12.3 Å². The molecular formula is C20H29ClN2O3S. The van der Waals surface area contributed by atoms with E-state index in [1.165, 1.54) is 13.5 Å². The molecule has 1 saturated heterocycles. The maximum Gasteiger partial charge on any atom is 0.306 e. The molecule has 2 fully saturated rings. The van der Waals surface area contributed by atoms with Crippen LogP contribution in [0.5, 0.6) is 0 Å². The highest BCUT2D eigenvalue weighted by molar-refractivity contribution is 7.98. The van der Waals surface area contributed by atoms with Crippen molar-refractivity contribution in [2.75, 3.05) is 31.3 Å². The lowest BCUT2D eigenvalue weighted by atomic mass is 9.67. The van der Waals surface area contributed by atoms with E-state index < -0.39 is 0 Å². The zero-order valence-electron chi connectivity index (χ0n) is 15.8. The highest BCUT2D eigenvalue weighted by Gasteiger charge is 2.49. The fourth-order valence-electron chi connectivity index (χ4n) is 4.13. The summed E-state index contributed by atoms with van der Waals surface area (Å²) < 4.78 is 4.65. The predicted octanol–water partition coefficient (Wildman–Crippen LogP) is 3.62. The van der Waals surface area contributed by atoms with Crippen molar-refractivity contribution < 1.29 is 14.3 Å². The number of esters is 1. The zero-order chi connectivity index (χ0) is 18.4. The molecule has 0 bridgehead atoms. The number of anilines is 1. The van der Waals surface area contributed by atoms with Crippen molar-refractivity contribution in [2.24, 2.45) is 11.3 Å². The van der Waals surface area contributed by atoms with Gasteiger partial charge in [-0.15, -0.1) is 12.4 Å². The smallest absolute Gasteiger partial charge is 0.306 e. The summed E-state index contributed by atoms with van der Waals surface area (Å²) in [4.78, 5) is 24.2. The van der Waals surface area contributed by atoms with Gasteiger partial charge in [-0.1, -0.05) is 25.0 Å². The molecule has 1 aromatic rings. The average molecular weight is 413 g/mol. The van der Waals surface area contributed by atoms with Crippen molar-refractivity contribution in [3.05, 3.63) is 29.8 Å². The number of carbonyl (C=O) groups excluding carboxylic acids is 2. The highest BCUT2D eigenvalue weighted by atomic mass is 35.5. The molecule has 1 aliphatic heterocycles. The molecular weight excluding hydrogens is 384 g/mol.